The molecule has 0 unspecified atom stereocenters. The smallest absolute Gasteiger partial charge is 0.294 e. The monoisotopic (exact) mass is 772 g/mol. The largest absolute Gasteiger partial charge is 0.505 e. The zero-order valence-corrected chi connectivity index (χ0v) is 28.3. The lowest BCUT2D eigenvalue weighted by atomic mass is 10.1. The van der Waals surface area contributed by atoms with Gasteiger partial charge < -0.3 is 15.7 Å². The molecule has 0 aliphatic heterocycles. The summed E-state index contributed by atoms with van der Waals surface area (Å²) in [5.41, 5.74) is 0.0748. The molecule has 0 saturated carbocycles. The van der Waals surface area contributed by atoms with Crippen LogP contribution in [0, 0.1) is 0 Å². The van der Waals surface area contributed by atoms with E-state index in [1.54, 1.807) is 0 Å². The maximum absolute atomic E-state index is 12.9. The number of nitrogens with one attached hydrogen (secondary N) is 2. The number of fused-ring (bicyclic) bond motifs is 1. The first kappa shape index (κ1) is 38.6. The Morgan fingerprint density at radius 3 is 2.26 bits per heavy atom. The van der Waals surface area contributed by atoms with Crippen molar-refractivity contribution < 1.29 is 69.5 Å². The van der Waals surface area contributed by atoms with Gasteiger partial charge in [0.05, 0.1) is 50.5 Å². The predicted octanol–water partition coefficient (Wildman–Crippen LogP) is 5.62. The summed E-state index contributed by atoms with van der Waals surface area (Å²) < 4.78 is 71.8. The predicted molar refractivity (Wildman–Crippen MR) is 176 cm³/mol. The van der Waals surface area contributed by atoms with Crippen molar-refractivity contribution in [1.29, 1.82) is 0 Å². The van der Waals surface area contributed by atoms with Crippen molar-refractivity contribution in [3.05, 3.63) is 72.3 Å². The van der Waals surface area contributed by atoms with Crippen LogP contribution in [-0.4, -0.2) is 61.2 Å². The average molecular weight is 773 g/mol. The molecular weight excluding hydrogens is 749 g/mol. The van der Waals surface area contributed by atoms with Crippen LogP contribution in [0.5, 0.6) is 5.75 Å². The van der Waals surface area contributed by atoms with Gasteiger partial charge in [-0.25, -0.2) is 18.9 Å². The molecule has 0 spiro atoms. The number of nitrogens with zero attached hydrogens (tertiary/aromatic N) is 2. The molecule has 0 fully saturated rings. The molecule has 0 aliphatic carbocycles. The number of amides is 2. The number of rotatable bonds is 16. The third kappa shape index (κ3) is 10.2. The summed E-state index contributed by atoms with van der Waals surface area (Å²) in [7, 11) is -8.56. The Morgan fingerprint density at radius 2 is 1.60 bits per heavy atom. The van der Waals surface area contributed by atoms with Gasteiger partial charge in [-0.3, -0.25) is 18.3 Å². The van der Waals surface area contributed by atoms with E-state index in [1.807, 2.05) is 0 Å². The molecule has 6 N–H and O–H groups in total. The topological polar surface area (TPSA) is 278 Å². The number of hydrogen-bond acceptors (Lipinski definition) is 18. The van der Waals surface area contributed by atoms with Gasteiger partial charge >= 0.3 is 0 Å². The normalized spacial score (nSPS) is 12.0. The number of azo groups is 1. The lowest BCUT2D eigenvalue weighted by Gasteiger charge is -2.14. The third-order valence-corrected chi connectivity index (χ3v) is 9.78. The highest BCUT2D eigenvalue weighted by Gasteiger charge is 2.22. The minimum Gasteiger partial charge on any atom is -0.505 e. The van der Waals surface area contributed by atoms with Gasteiger partial charge in [0.1, 0.15) is 5.69 Å². The van der Waals surface area contributed by atoms with Crippen LogP contribution in [0.3, 0.4) is 0 Å². The zero-order chi connectivity index (χ0) is 36.5. The van der Waals surface area contributed by atoms with Gasteiger partial charge in [0, 0.05) is 23.6 Å². The molecule has 50 heavy (non-hydrogen) atoms. The summed E-state index contributed by atoms with van der Waals surface area (Å²) in [4.78, 5) is 24.0. The van der Waals surface area contributed by atoms with E-state index in [9.17, 15) is 36.1 Å². The third-order valence-electron chi connectivity index (χ3n) is 6.27. The number of phenolic OH excluding ortho intramolecular Hbond substituents is 1. The standard InChI is InChI=1S/C27H24N4O15S4/c1-15(32)28-22-14-21(50(39,40)41)11-17-12-23(47-45-43-35)25(26(33)24(17)22)31-30-18-7-5-16(6-8-18)27(34)29-19-3-2-4-20(13-19)49(37,38)10-9-42-48-46-44-36/h2-8,11-14,33,35-36H,9-10H2,1H3,(H,28,32)(H,29,34)(H,39,40,41)/b31-30+. The van der Waals surface area contributed by atoms with Crippen molar-refractivity contribution in [1.82, 2.24) is 0 Å². The van der Waals surface area contributed by atoms with Crippen LogP contribution in [0.25, 0.3) is 10.8 Å². The molecule has 19 nitrogen and oxygen atoms in total. The van der Waals surface area contributed by atoms with E-state index >= 15 is 0 Å². The minimum atomic E-state index is -4.74. The van der Waals surface area contributed by atoms with Gasteiger partial charge in [0.2, 0.25) is 5.91 Å². The molecule has 0 radical (unpaired) electrons. The summed E-state index contributed by atoms with van der Waals surface area (Å²) in [6.07, 6.45) is 0. The summed E-state index contributed by atoms with van der Waals surface area (Å²) in [5.74, 6) is -2.25. The van der Waals surface area contributed by atoms with Crippen molar-refractivity contribution in [2.45, 2.75) is 21.6 Å². The fraction of sp³-hybridized carbons (Fsp3) is 0.111. The fourth-order valence-corrected chi connectivity index (χ4v) is 6.68. The first-order valence-electron chi connectivity index (χ1n) is 13.4. The van der Waals surface area contributed by atoms with E-state index in [0.29, 0.717) is 12.0 Å². The highest BCUT2D eigenvalue weighted by molar-refractivity contribution is 7.94. The van der Waals surface area contributed by atoms with Crippen molar-refractivity contribution in [3.63, 3.8) is 0 Å². The van der Waals surface area contributed by atoms with E-state index in [0.717, 1.165) is 19.1 Å². The Morgan fingerprint density at radius 1 is 0.880 bits per heavy atom. The second-order valence-electron chi connectivity index (χ2n) is 9.60. The first-order valence-corrected chi connectivity index (χ1v) is 17.9. The van der Waals surface area contributed by atoms with Crippen LogP contribution < -0.4 is 10.6 Å². The molecule has 266 valence electrons. The van der Waals surface area contributed by atoms with E-state index in [2.05, 4.69) is 39.6 Å². The second-order valence-corrected chi connectivity index (χ2v) is 14.4. The summed E-state index contributed by atoms with van der Waals surface area (Å²) >= 11 is 0.595. The quantitative estimate of drug-likeness (QED) is 0.0201. The maximum Gasteiger partial charge on any atom is 0.294 e. The molecule has 0 atom stereocenters. The molecule has 0 aromatic heterocycles. The Balaban J connectivity index is 1.57. The molecule has 4 aromatic rings. The number of aromatic hydroxyl groups is 1. The van der Waals surface area contributed by atoms with Gasteiger partial charge in [0.15, 0.2) is 27.9 Å². The average Bonchev–Trinajstić information content (AvgIpc) is 3.06. The Labute approximate surface area is 291 Å². The Bertz CT molecular complexity index is 2130. The highest BCUT2D eigenvalue weighted by Crippen LogP contribution is 2.47. The lowest BCUT2D eigenvalue weighted by molar-refractivity contribution is -0.434. The molecule has 0 bridgehead atoms. The molecule has 0 saturated heterocycles. The maximum atomic E-state index is 12.9. The van der Waals surface area contributed by atoms with Crippen molar-refractivity contribution in [3.8, 4) is 5.75 Å². The molecule has 4 aromatic carbocycles. The Hall–Kier alpha value is -4.24. The van der Waals surface area contributed by atoms with Crippen LogP contribution in [0.2, 0.25) is 0 Å². The van der Waals surface area contributed by atoms with Crippen LogP contribution >= 0.6 is 24.4 Å². The number of phenols is 1. The molecule has 2 amide bonds. The lowest BCUT2D eigenvalue weighted by Crippen LogP contribution is -2.14. The number of sulfone groups is 1. The summed E-state index contributed by atoms with van der Waals surface area (Å²) in [5, 5.41) is 47.9. The van der Waals surface area contributed by atoms with Crippen LogP contribution in [0.4, 0.5) is 22.7 Å². The molecule has 0 aliphatic rings. The number of benzene rings is 4. The van der Waals surface area contributed by atoms with Gasteiger partial charge in [-0.2, -0.15) is 13.5 Å². The second kappa shape index (κ2) is 17.1. The van der Waals surface area contributed by atoms with Crippen molar-refractivity contribution in [2.24, 2.45) is 10.2 Å². The van der Waals surface area contributed by atoms with E-state index < -0.39 is 48.2 Å². The molecule has 23 heteroatoms. The van der Waals surface area contributed by atoms with Gasteiger partial charge in [0.25, 0.3) is 16.0 Å². The van der Waals surface area contributed by atoms with Gasteiger partial charge in [-0.05, 0) is 66.0 Å². The SMILES string of the molecule is CC(=O)Nc1cc(S(=O)(=O)O)cc2cc(SOOO)c(/N=N/c3ccc(C(=O)Nc4cccc(S(=O)(=O)CCOSOOO)c4)cc3)c(O)c12. The summed E-state index contributed by atoms with van der Waals surface area (Å²) in [6, 6.07) is 14.3. The minimum absolute atomic E-state index is 0.0101. The van der Waals surface area contributed by atoms with Crippen molar-refractivity contribution in [2.75, 3.05) is 23.0 Å². The molecule has 4 rings (SSSR count). The van der Waals surface area contributed by atoms with E-state index in [1.165, 1.54) is 54.6 Å². The molecular formula is C27H24N4O15S4. The summed E-state index contributed by atoms with van der Waals surface area (Å²) in [6.45, 7) is 0.845. The van der Waals surface area contributed by atoms with Crippen LogP contribution in [0.15, 0.2) is 91.6 Å². The van der Waals surface area contributed by atoms with Crippen LogP contribution in [-0.2, 0) is 47.7 Å². The molecule has 0 heterocycles. The number of anilines is 2. The first-order chi connectivity index (χ1) is 23.7. The van der Waals surface area contributed by atoms with Gasteiger partial charge in [-0.1, -0.05) is 16.1 Å². The van der Waals surface area contributed by atoms with Gasteiger partial charge in [-0.15, -0.1) is 13.8 Å². The van der Waals surface area contributed by atoms with Crippen molar-refractivity contribution >= 4 is 89.7 Å². The fourth-order valence-electron chi connectivity index (χ4n) is 4.19. The number of carbonyl (C=O) groups excluding carboxylic acids is 2. The van der Waals surface area contributed by atoms with E-state index in [4.69, 9.17) is 14.7 Å². The van der Waals surface area contributed by atoms with Crippen LogP contribution in [0.1, 0.15) is 17.3 Å². The Kier molecular flexibility index (Phi) is 13.2. The zero-order valence-electron chi connectivity index (χ0n) is 25.1. The van der Waals surface area contributed by atoms with E-state index in [-0.39, 0.29) is 67.8 Å². The number of hydrogen-bond donors (Lipinski definition) is 6. The highest BCUT2D eigenvalue weighted by atomic mass is 32.2. The number of carbonyl (C=O) groups is 2.